The minimum atomic E-state index is -3.53. The lowest BCUT2D eigenvalue weighted by Gasteiger charge is -2.14. The summed E-state index contributed by atoms with van der Waals surface area (Å²) < 4.78 is 43.6. The van der Waals surface area contributed by atoms with Gasteiger partial charge >= 0.3 is 5.97 Å². The third-order valence-corrected chi connectivity index (χ3v) is 4.27. The van der Waals surface area contributed by atoms with Crippen molar-refractivity contribution in [1.82, 2.24) is 4.72 Å². The van der Waals surface area contributed by atoms with Crippen molar-refractivity contribution in [2.45, 2.75) is 25.8 Å². The molecule has 0 bridgehead atoms. The number of halogens is 1. The Kier molecular flexibility index (Phi) is 6.09. The number of carbonyl (C=O) groups is 1. The van der Waals surface area contributed by atoms with Crippen LogP contribution in [-0.2, 0) is 19.6 Å². The molecule has 112 valence electrons. The minimum absolute atomic E-state index is 0.0474. The molecule has 0 saturated carbocycles. The maximum atomic E-state index is 13.1. The predicted molar refractivity (Wildman–Crippen MR) is 73.0 cm³/mol. The quantitative estimate of drug-likeness (QED) is 0.779. The van der Waals surface area contributed by atoms with Crippen LogP contribution < -0.4 is 4.72 Å². The molecule has 0 saturated heterocycles. The van der Waals surface area contributed by atoms with Crippen molar-refractivity contribution in [2.75, 3.05) is 12.9 Å². The lowest BCUT2D eigenvalue weighted by atomic mass is 10.1. The third kappa shape index (κ3) is 5.66. The van der Waals surface area contributed by atoms with Crippen LogP contribution in [0, 0.1) is 5.82 Å². The molecule has 0 unspecified atom stereocenters. The van der Waals surface area contributed by atoms with E-state index in [-0.39, 0.29) is 18.6 Å². The molecule has 1 rings (SSSR count). The second-order valence-corrected chi connectivity index (χ2v) is 6.27. The van der Waals surface area contributed by atoms with Gasteiger partial charge < -0.3 is 4.74 Å². The van der Waals surface area contributed by atoms with E-state index in [1.54, 1.807) is 13.0 Å². The molecule has 0 aliphatic rings. The molecule has 0 heterocycles. The average molecular weight is 303 g/mol. The van der Waals surface area contributed by atoms with Crippen LogP contribution in [0.5, 0.6) is 0 Å². The molecule has 1 aromatic carbocycles. The Morgan fingerprint density at radius 3 is 2.75 bits per heavy atom. The van der Waals surface area contributed by atoms with Gasteiger partial charge in [-0.3, -0.25) is 4.79 Å². The van der Waals surface area contributed by atoms with Crippen molar-refractivity contribution in [3.63, 3.8) is 0 Å². The Morgan fingerprint density at radius 1 is 1.45 bits per heavy atom. The maximum Gasteiger partial charge on any atom is 0.305 e. The van der Waals surface area contributed by atoms with E-state index in [2.05, 4.69) is 9.46 Å². The van der Waals surface area contributed by atoms with Gasteiger partial charge in [0.2, 0.25) is 10.0 Å². The van der Waals surface area contributed by atoms with Crippen LogP contribution in [0.1, 0.15) is 31.4 Å². The van der Waals surface area contributed by atoms with E-state index in [1.165, 1.54) is 25.3 Å². The van der Waals surface area contributed by atoms with Crippen molar-refractivity contribution >= 4 is 16.0 Å². The normalized spacial score (nSPS) is 12.9. The zero-order valence-corrected chi connectivity index (χ0v) is 12.2. The summed E-state index contributed by atoms with van der Waals surface area (Å²) in [7, 11) is -2.27. The first kappa shape index (κ1) is 16.6. The first-order valence-corrected chi connectivity index (χ1v) is 7.81. The molecule has 0 radical (unpaired) electrons. The van der Waals surface area contributed by atoms with E-state index < -0.39 is 27.9 Å². The first-order valence-electron chi connectivity index (χ1n) is 6.16. The molecule has 1 atom stereocenters. The summed E-state index contributed by atoms with van der Waals surface area (Å²) in [6.45, 7) is 1.63. The summed E-state index contributed by atoms with van der Waals surface area (Å²) in [6, 6.07) is 5.20. The highest BCUT2D eigenvalue weighted by atomic mass is 32.2. The van der Waals surface area contributed by atoms with E-state index in [9.17, 15) is 17.6 Å². The van der Waals surface area contributed by atoms with Crippen molar-refractivity contribution < 1.29 is 22.3 Å². The largest absolute Gasteiger partial charge is 0.469 e. The number of benzene rings is 1. The Balaban J connectivity index is 2.55. The topological polar surface area (TPSA) is 72.5 Å². The van der Waals surface area contributed by atoms with Crippen LogP contribution in [-0.4, -0.2) is 27.2 Å². The van der Waals surface area contributed by atoms with Crippen LogP contribution in [0.2, 0.25) is 0 Å². The molecule has 0 aliphatic carbocycles. The molecule has 0 fully saturated rings. The third-order valence-electron chi connectivity index (χ3n) is 2.73. The fraction of sp³-hybridized carbons (Fsp3) is 0.462. The monoisotopic (exact) mass is 303 g/mol. The van der Waals surface area contributed by atoms with E-state index in [1.807, 2.05) is 0 Å². The number of hydrogen-bond donors (Lipinski definition) is 1. The molecule has 1 aromatic rings. The Morgan fingerprint density at radius 2 is 2.15 bits per heavy atom. The second kappa shape index (κ2) is 7.35. The molecule has 0 aromatic heterocycles. The van der Waals surface area contributed by atoms with Gasteiger partial charge in [0.25, 0.3) is 0 Å². The zero-order chi connectivity index (χ0) is 15.2. The Bertz CT molecular complexity index is 559. The molecule has 0 spiro atoms. The zero-order valence-electron chi connectivity index (χ0n) is 11.4. The van der Waals surface area contributed by atoms with E-state index in [0.717, 1.165) is 0 Å². The molecule has 20 heavy (non-hydrogen) atoms. The predicted octanol–water partition coefficient (Wildman–Crippen LogP) is 1.76. The van der Waals surface area contributed by atoms with Gasteiger partial charge in [-0.2, -0.15) is 0 Å². The summed E-state index contributed by atoms with van der Waals surface area (Å²) in [5.74, 6) is -1.04. The number of methoxy groups -OCH3 is 1. The number of rotatable bonds is 7. The number of esters is 1. The molecule has 5 nitrogen and oxygen atoms in total. The maximum absolute atomic E-state index is 13.1. The van der Waals surface area contributed by atoms with E-state index in [0.29, 0.717) is 5.56 Å². The van der Waals surface area contributed by atoms with Gasteiger partial charge in [0.05, 0.1) is 12.9 Å². The van der Waals surface area contributed by atoms with Crippen LogP contribution >= 0.6 is 0 Å². The van der Waals surface area contributed by atoms with Gasteiger partial charge in [-0.05, 0) is 31.0 Å². The summed E-state index contributed by atoms with van der Waals surface area (Å²) >= 11 is 0. The second-order valence-electron chi connectivity index (χ2n) is 4.39. The Hall–Kier alpha value is -1.47. The van der Waals surface area contributed by atoms with Gasteiger partial charge in [0.1, 0.15) is 5.82 Å². The average Bonchev–Trinajstić information content (AvgIpc) is 2.37. The highest BCUT2D eigenvalue weighted by Gasteiger charge is 2.16. The lowest BCUT2D eigenvalue weighted by molar-refractivity contribution is -0.140. The molecule has 0 amide bonds. The van der Waals surface area contributed by atoms with Gasteiger partial charge in [-0.25, -0.2) is 17.5 Å². The van der Waals surface area contributed by atoms with Crippen molar-refractivity contribution in [3.05, 3.63) is 35.6 Å². The van der Waals surface area contributed by atoms with Crippen molar-refractivity contribution in [1.29, 1.82) is 0 Å². The minimum Gasteiger partial charge on any atom is -0.469 e. The summed E-state index contributed by atoms with van der Waals surface area (Å²) in [5, 5.41) is 0. The van der Waals surface area contributed by atoms with Gasteiger partial charge in [0.15, 0.2) is 0 Å². The number of hydrogen-bond acceptors (Lipinski definition) is 4. The molecule has 7 heteroatoms. The van der Waals surface area contributed by atoms with Gasteiger partial charge in [-0.15, -0.1) is 0 Å². The standard InChI is InChI=1S/C13H18FNO4S/c1-10(11-5-3-6-12(14)9-11)15-20(17,18)8-4-7-13(16)19-2/h3,5-6,9-10,15H,4,7-8H2,1-2H3/t10-/m0/s1. The van der Waals surface area contributed by atoms with Crippen LogP contribution in [0.4, 0.5) is 4.39 Å². The van der Waals surface area contributed by atoms with Gasteiger partial charge in [-0.1, -0.05) is 12.1 Å². The number of nitrogens with one attached hydrogen (secondary N) is 1. The van der Waals surface area contributed by atoms with Crippen molar-refractivity contribution in [2.24, 2.45) is 0 Å². The first-order chi connectivity index (χ1) is 9.34. The van der Waals surface area contributed by atoms with Crippen molar-refractivity contribution in [3.8, 4) is 0 Å². The summed E-state index contributed by atoms with van der Waals surface area (Å²) in [5.41, 5.74) is 0.543. The fourth-order valence-electron chi connectivity index (χ4n) is 1.68. The van der Waals surface area contributed by atoms with Crippen LogP contribution in [0.3, 0.4) is 0 Å². The summed E-state index contributed by atoms with van der Waals surface area (Å²) in [4.78, 5) is 10.9. The molecule has 1 N–H and O–H groups in total. The lowest BCUT2D eigenvalue weighted by Crippen LogP contribution is -2.29. The summed E-state index contributed by atoms with van der Waals surface area (Å²) in [6.07, 6.45) is 0.226. The van der Waals surface area contributed by atoms with E-state index in [4.69, 9.17) is 0 Å². The van der Waals surface area contributed by atoms with Crippen LogP contribution in [0.25, 0.3) is 0 Å². The number of ether oxygens (including phenoxy) is 1. The van der Waals surface area contributed by atoms with Gasteiger partial charge in [0, 0.05) is 12.5 Å². The molecule has 0 aliphatic heterocycles. The molecular weight excluding hydrogens is 285 g/mol. The van der Waals surface area contributed by atoms with Crippen LogP contribution in [0.15, 0.2) is 24.3 Å². The van der Waals surface area contributed by atoms with E-state index >= 15 is 0 Å². The smallest absolute Gasteiger partial charge is 0.305 e. The highest BCUT2D eigenvalue weighted by Crippen LogP contribution is 2.14. The molecular formula is C13H18FNO4S. The Labute approximate surface area is 118 Å². The number of sulfonamides is 1. The number of carbonyl (C=O) groups excluding carboxylic acids is 1. The highest BCUT2D eigenvalue weighted by molar-refractivity contribution is 7.89. The fourth-order valence-corrected chi connectivity index (χ4v) is 3.00. The SMILES string of the molecule is COC(=O)CCCS(=O)(=O)N[C@@H](C)c1cccc(F)c1.